The summed E-state index contributed by atoms with van der Waals surface area (Å²) in [5, 5.41) is 10.6. The van der Waals surface area contributed by atoms with Crippen LogP contribution in [0.5, 0.6) is 0 Å². The highest BCUT2D eigenvalue weighted by molar-refractivity contribution is 8.27. The molecule has 1 aromatic heterocycles. The molecule has 0 spiro atoms. The minimum atomic E-state index is -4.71. The molecule has 0 radical (unpaired) electrons. The summed E-state index contributed by atoms with van der Waals surface area (Å²) >= 11 is 0.181. The number of benzene rings is 1. The van der Waals surface area contributed by atoms with Crippen molar-refractivity contribution < 1.29 is 31.9 Å². The van der Waals surface area contributed by atoms with E-state index in [-0.39, 0.29) is 34.9 Å². The number of thioether (sulfide) groups is 1. The summed E-state index contributed by atoms with van der Waals surface area (Å²) in [6, 6.07) is 9.60. The maximum atomic E-state index is 12.9. The van der Waals surface area contributed by atoms with Crippen LogP contribution in [0.1, 0.15) is 23.0 Å². The third-order valence-corrected chi connectivity index (χ3v) is 5.24. The van der Waals surface area contributed by atoms with Crippen LogP contribution in [0.25, 0.3) is 17.4 Å². The van der Waals surface area contributed by atoms with Gasteiger partial charge in [-0.3, -0.25) is 10.2 Å². The fourth-order valence-electron chi connectivity index (χ4n) is 2.82. The molecule has 2 aliphatic rings. The van der Waals surface area contributed by atoms with Crippen LogP contribution in [-0.2, 0) is 9.53 Å². The lowest BCUT2D eigenvalue weighted by Gasteiger charge is -2.19. The monoisotopic (exact) mass is 462 g/mol. The van der Waals surface area contributed by atoms with Crippen LogP contribution in [0.4, 0.5) is 13.2 Å². The molecular weight excluding hydrogens is 449 g/mol. The number of rotatable bonds is 4. The number of amides is 1. The largest absolute Gasteiger partial charge is 0.462 e. The second-order valence-electron chi connectivity index (χ2n) is 6.42. The lowest BCUT2D eigenvalue weighted by atomic mass is 10.1. The summed E-state index contributed by atoms with van der Waals surface area (Å²) in [6.07, 6.45) is -3.50. The Bertz CT molecular complexity index is 1210. The Kier molecular flexibility index (Phi) is 5.46. The van der Waals surface area contributed by atoms with E-state index in [0.29, 0.717) is 21.9 Å². The molecule has 3 heterocycles. The Morgan fingerprint density at radius 2 is 1.97 bits per heavy atom. The Balaban J connectivity index is 1.57. The van der Waals surface area contributed by atoms with E-state index in [9.17, 15) is 22.8 Å². The second kappa shape index (κ2) is 8.11. The lowest BCUT2D eigenvalue weighted by molar-refractivity contribution is -0.114. The van der Waals surface area contributed by atoms with Gasteiger partial charge in [-0.2, -0.15) is 28.3 Å². The molecule has 1 amide bonds. The van der Waals surface area contributed by atoms with Gasteiger partial charge in [0.15, 0.2) is 5.84 Å². The molecule has 2 aliphatic heterocycles. The van der Waals surface area contributed by atoms with E-state index in [0.717, 1.165) is 0 Å². The average molecular weight is 462 g/mol. The molecule has 1 N–H and O–H groups in total. The van der Waals surface area contributed by atoms with Crippen LogP contribution >= 0.6 is 11.8 Å². The van der Waals surface area contributed by atoms with Crippen LogP contribution in [0.3, 0.4) is 0 Å². The SMILES string of the molecule is CCOC(=O)c1ccc(-c2ccc(C=C3C(=N)N4N=C(C(F)(F)F)SC4=NC3=O)o2)cc1. The fraction of sp³-hybridized carbons (Fsp3) is 0.150. The number of hydrogen-bond donors (Lipinski definition) is 1. The topological polar surface area (TPSA) is 108 Å². The fourth-order valence-corrected chi connectivity index (χ4v) is 3.58. The summed E-state index contributed by atoms with van der Waals surface area (Å²) in [7, 11) is 0. The van der Waals surface area contributed by atoms with Crippen LogP contribution in [-0.4, -0.2) is 45.7 Å². The van der Waals surface area contributed by atoms with E-state index in [2.05, 4.69) is 10.1 Å². The summed E-state index contributed by atoms with van der Waals surface area (Å²) < 4.78 is 49.3. The van der Waals surface area contributed by atoms with Gasteiger partial charge < -0.3 is 9.15 Å². The van der Waals surface area contributed by atoms with Crippen molar-refractivity contribution in [1.82, 2.24) is 5.01 Å². The summed E-state index contributed by atoms with van der Waals surface area (Å²) in [4.78, 5) is 27.6. The first-order chi connectivity index (χ1) is 15.2. The average Bonchev–Trinajstić information content (AvgIpc) is 3.38. The number of fused-ring (bicyclic) bond motifs is 1. The van der Waals surface area contributed by atoms with Crippen LogP contribution in [0.15, 0.2) is 56.5 Å². The number of furan rings is 1. The van der Waals surface area contributed by atoms with Crippen molar-refractivity contribution in [3.63, 3.8) is 0 Å². The number of nitrogens with one attached hydrogen (secondary N) is 1. The standard InChI is InChI=1S/C20H13F3N4O4S/c1-2-30-17(29)11-5-3-10(4-6-11)14-8-7-12(31-14)9-13-15(24)27-19(25-16(13)28)32-18(26-27)20(21,22)23/h3-9,24H,2H2,1H3. The number of alkyl halides is 3. The highest BCUT2D eigenvalue weighted by atomic mass is 32.2. The normalized spacial score (nSPS) is 17.4. The van der Waals surface area contributed by atoms with Gasteiger partial charge in [0.1, 0.15) is 11.5 Å². The Morgan fingerprint density at radius 1 is 1.25 bits per heavy atom. The molecule has 0 atom stereocenters. The van der Waals surface area contributed by atoms with Crippen LogP contribution < -0.4 is 0 Å². The number of amidine groups is 2. The Hall–Kier alpha value is -3.67. The Labute approximate surface area is 182 Å². The molecule has 0 aliphatic carbocycles. The summed E-state index contributed by atoms with van der Waals surface area (Å²) in [5.74, 6) is -1.25. The Morgan fingerprint density at radius 3 is 2.62 bits per heavy atom. The summed E-state index contributed by atoms with van der Waals surface area (Å²) in [6.45, 7) is 1.97. The van der Waals surface area contributed by atoms with Crippen molar-refractivity contribution in [3.05, 3.63) is 53.3 Å². The number of ether oxygens (including phenoxy) is 1. The third kappa shape index (κ3) is 4.08. The molecule has 2 aromatic rings. The second-order valence-corrected chi connectivity index (χ2v) is 7.38. The number of hydrazone groups is 1. The minimum absolute atomic E-state index is 0.181. The third-order valence-electron chi connectivity index (χ3n) is 4.29. The van der Waals surface area contributed by atoms with Crippen LogP contribution in [0.2, 0.25) is 0 Å². The molecule has 4 rings (SSSR count). The van der Waals surface area contributed by atoms with Gasteiger partial charge in [0.05, 0.1) is 17.7 Å². The van der Waals surface area contributed by atoms with Crippen molar-refractivity contribution >= 4 is 45.8 Å². The molecule has 12 heteroatoms. The quantitative estimate of drug-likeness (QED) is 0.536. The predicted octanol–water partition coefficient (Wildman–Crippen LogP) is 4.30. The molecule has 32 heavy (non-hydrogen) atoms. The van der Waals surface area contributed by atoms with Gasteiger partial charge in [0, 0.05) is 5.56 Å². The predicted molar refractivity (Wildman–Crippen MR) is 111 cm³/mol. The van der Waals surface area contributed by atoms with E-state index >= 15 is 0 Å². The van der Waals surface area contributed by atoms with E-state index in [1.807, 2.05) is 0 Å². The molecule has 0 bridgehead atoms. The van der Waals surface area contributed by atoms with E-state index in [1.54, 1.807) is 37.3 Å². The van der Waals surface area contributed by atoms with Crippen molar-refractivity contribution in [3.8, 4) is 11.3 Å². The zero-order valence-electron chi connectivity index (χ0n) is 16.3. The number of esters is 1. The first-order valence-electron chi connectivity index (χ1n) is 9.12. The van der Waals surface area contributed by atoms with Gasteiger partial charge in [-0.25, -0.2) is 4.79 Å². The number of nitrogens with zero attached hydrogens (tertiary/aromatic N) is 3. The molecule has 0 fully saturated rings. The maximum absolute atomic E-state index is 12.9. The van der Waals surface area contributed by atoms with Gasteiger partial charge in [-0.15, -0.1) is 0 Å². The van der Waals surface area contributed by atoms with Gasteiger partial charge in [-0.05, 0) is 49.0 Å². The molecule has 164 valence electrons. The highest BCUT2D eigenvalue weighted by Crippen LogP contribution is 2.35. The first-order valence-corrected chi connectivity index (χ1v) is 9.94. The van der Waals surface area contributed by atoms with Gasteiger partial charge >= 0.3 is 12.1 Å². The zero-order valence-corrected chi connectivity index (χ0v) is 17.1. The van der Waals surface area contributed by atoms with Crippen LogP contribution in [0, 0.1) is 5.41 Å². The van der Waals surface area contributed by atoms with Gasteiger partial charge in [0.25, 0.3) is 5.91 Å². The highest BCUT2D eigenvalue weighted by Gasteiger charge is 2.46. The molecular formula is C20H13F3N4O4S. The molecule has 1 aromatic carbocycles. The van der Waals surface area contributed by atoms with Crippen molar-refractivity contribution in [2.75, 3.05) is 6.61 Å². The molecule has 0 unspecified atom stereocenters. The van der Waals surface area contributed by atoms with E-state index < -0.39 is 28.9 Å². The number of carbonyl (C=O) groups is 2. The number of carbonyl (C=O) groups excluding carboxylic acids is 2. The van der Waals surface area contributed by atoms with Gasteiger partial charge in [-0.1, -0.05) is 12.1 Å². The van der Waals surface area contributed by atoms with Crippen molar-refractivity contribution in [2.45, 2.75) is 13.1 Å². The van der Waals surface area contributed by atoms with Crippen molar-refractivity contribution in [2.24, 2.45) is 10.1 Å². The number of halogens is 3. The van der Waals surface area contributed by atoms with E-state index in [4.69, 9.17) is 14.6 Å². The van der Waals surface area contributed by atoms with E-state index in [1.165, 1.54) is 12.1 Å². The minimum Gasteiger partial charge on any atom is -0.462 e. The summed E-state index contributed by atoms with van der Waals surface area (Å²) in [5.41, 5.74) is 0.755. The molecule has 8 nitrogen and oxygen atoms in total. The molecule has 0 saturated heterocycles. The number of aliphatic imine (C=N–C) groups is 1. The maximum Gasteiger partial charge on any atom is 0.441 e. The first kappa shape index (κ1) is 21.6. The zero-order chi connectivity index (χ0) is 23.0. The lowest BCUT2D eigenvalue weighted by Crippen LogP contribution is -2.35. The smallest absolute Gasteiger partial charge is 0.441 e. The van der Waals surface area contributed by atoms with Gasteiger partial charge in [0.2, 0.25) is 10.2 Å². The van der Waals surface area contributed by atoms with Crippen molar-refractivity contribution in [1.29, 1.82) is 5.41 Å². The molecule has 0 saturated carbocycles. The number of hydrogen-bond acceptors (Lipinski definition) is 7.